The van der Waals surface area contributed by atoms with E-state index in [-0.39, 0.29) is 18.0 Å². The fourth-order valence-corrected chi connectivity index (χ4v) is 2.87. The molecule has 0 aliphatic carbocycles. The third kappa shape index (κ3) is 4.55. The number of carbonyl (C=O) groups excluding carboxylic acids is 1. The fraction of sp³-hybridized carbons (Fsp3) is 0.143. The SMILES string of the molecule is NC(=O)/C(=N\OCCSc1nnc(-c2ccccn2)o1)c1csc(N)n1. The number of amides is 1. The van der Waals surface area contributed by atoms with E-state index in [9.17, 15) is 4.79 Å². The Morgan fingerprint density at radius 2 is 2.27 bits per heavy atom. The summed E-state index contributed by atoms with van der Waals surface area (Å²) in [4.78, 5) is 24.6. The molecule has 0 fully saturated rings. The molecular formula is C14H13N7O3S2. The number of pyridine rings is 1. The summed E-state index contributed by atoms with van der Waals surface area (Å²) in [7, 11) is 0. The van der Waals surface area contributed by atoms with Crippen LogP contribution in [0.4, 0.5) is 5.13 Å². The Balaban J connectivity index is 1.51. The summed E-state index contributed by atoms with van der Waals surface area (Å²) >= 11 is 2.46. The molecule has 3 heterocycles. The van der Waals surface area contributed by atoms with Gasteiger partial charge in [0.1, 0.15) is 18.0 Å². The van der Waals surface area contributed by atoms with Crippen LogP contribution in [-0.2, 0) is 9.63 Å². The lowest BCUT2D eigenvalue weighted by atomic mass is 10.3. The minimum absolute atomic E-state index is 0.0850. The molecule has 3 aromatic rings. The van der Waals surface area contributed by atoms with Crippen molar-refractivity contribution in [1.82, 2.24) is 20.2 Å². The van der Waals surface area contributed by atoms with Gasteiger partial charge in [0, 0.05) is 17.3 Å². The van der Waals surface area contributed by atoms with Crippen molar-refractivity contribution in [2.75, 3.05) is 18.1 Å². The molecule has 0 aromatic carbocycles. The van der Waals surface area contributed by atoms with Crippen molar-refractivity contribution in [1.29, 1.82) is 0 Å². The zero-order valence-electron chi connectivity index (χ0n) is 13.2. The van der Waals surface area contributed by atoms with Crippen molar-refractivity contribution < 1.29 is 14.0 Å². The lowest BCUT2D eigenvalue weighted by molar-refractivity contribution is -0.112. The minimum atomic E-state index is -0.750. The van der Waals surface area contributed by atoms with E-state index in [0.717, 1.165) is 0 Å². The number of aromatic nitrogens is 4. The largest absolute Gasteiger partial charge is 0.410 e. The van der Waals surface area contributed by atoms with Crippen LogP contribution in [0, 0.1) is 0 Å². The number of oxime groups is 1. The Bertz CT molecular complexity index is 910. The van der Waals surface area contributed by atoms with E-state index in [1.165, 1.54) is 23.1 Å². The van der Waals surface area contributed by atoms with Gasteiger partial charge >= 0.3 is 0 Å². The smallest absolute Gasteiger partial charge is 0.277 e. The Kier molecular flexibility index (Phi) is 5.76. The van der Waals surface area contributed by atoms with Crippen molar-refractivity contribution in [3.63, 3.8) is 0 Å². The molecule has 3 aromatic heterocycles. The average Bonchev–Trinajstić information content (AvgIpc) is 3.28. The number of hydrogen-bond acceptors (Lipinski definition) is 11. The highest BCUT2D eigenvalue weighted by Gasteiger charge is 2.15. The first kappa shape index (κ1) is 17.8. The third-order valence-electron chi connectivity index (χ3n) is 2.84. The second-order valence-corrected chi connectivity index (χ2v) is 6.58. The Hall–Kier alpha value is -2.99. The number of thioether (sulfide) groups is 1. The highest BCUT2D eigenvalue weighted by atomic mass is 32.2. The first-order valence-electron chi connectivity index (χ1n) is 7.22. The first-order chi connectivity index (χ1) is 12.6. The van der Waals surface area contributed by atoms with Crippen molar-refractivity contribution in [2.45, 2.75) is 5.22 Å². The molecule has 10 nitrogen and oxygen atoms in total. The summed E-state index contributed by atoms with van der Waals surface area (Å²) in [6.45, 7) is 0.197. The highest BCUT2D eigenvalue weighted by Crippen LogP contribution is 2.21. The van der Waals surface area contributed by atoms with Crippen molar-refractivity contribution in [3.8, 4) is 11.6 Å². The molecule has 26 heavy (non-hydrogen) atoms. The molecule has 0 radical (unpaired) electrons. The Labute approximate surface area is 155 Å². The summed E-state index contributed by atoms with van der Waals surface area (Å²) < 4.78 is 5.50. The van der Waals surface area contributed by atoms with Gasteiger partial charge in [0.25, 0.3) is 17.0 Å². The molecule has 134 valence electrons. The van der Waals surface area contributed by atoms with Crippen molar-refractivity contribution in [3.05, 3.63) is 35.5 Å². The Morgan fingerprint density at radius 3 is 2.96 bits per heavy atom. The zero-order valence-corrected chi connectivity index (χ0v) is 14.9. The fourth-order valence-electron chi connectivity index (χ4n) is 1.75. The lowest BCUT2D eigenvalue weighted by Gasteiger charge is -2.00. The van der Waals surface area contributed by atoms with E-state index in [0.29, 0.717) is 27.7 Å². The van der Waals surface area contributed by atoms with Gasteiger partial charge in [-0.3, -0.25) is 9.78 Å². The number of hydrogen-bond donors (Lipinski definition) is 2. The maximum Gasteiger partial charge on any atom is 0.277 e. The summed E-state index contributed by atoms with van der Waals surface area (Å²) in [6.07, 6.45) is 1.64. The quantitative estimate of drug-likeness (QED) is 0.249. The molecule has 0 aliphatic heterocycles. The standard InChI is InChI=1S/C14H13N7O3S2/c15-11(22)10(9-7-26-13(16)18-9)21-23-5-6-25-14-20-19-12(24-14)8-3-1-2-4-17-8/h1-4,7H,5-6H2,(H2,15,22)(H2,16,18)/b21-10-. The van der Waals surface area contributed by atoms with Gasteiger partial charge in [0.2, 0.25) is 0 Å². The summed E-state index contributed by atoms with van der Waals surface area (Å²) in [6, 6.07) is 5.40. The lowest BCUT2D eigenvalue weighted by Crippen LogP contribution is -2.25. The van der Waals surface area contributed by atoms with E-state index >= 15 is 0 Å². The molecular weight excluding hydrogens is 378 g/mol. The van der Waals surface area contributed by atoms with Gasteiger partial charge in [-0.25, -0.2) is 4.98 Å². The molecule has 0 saturated carbocycles. The van der Waals surface area contributed by atoms with Crippen molar-refractivity contribution in [2.24, 2.45) is 10.9 Å². The maximum absolute atomic E-state index is 11.4. The van der Waals surface area contributed by atoms with Crippen molar-refractivity contribution >= 4 is 39.8 Å². The number of nitrogens with two attached hydrogens (primary N) is 2. The molecule has 0 spiro atoms. The number of nitrogens with zero attached hydrogens (tertiary/aromatic N) is 5. The van der Waals surface area contributed by atoms with E-state index in [4.69, 9.17) is 20.7 Å². The number of rotatable bonds is 8. The van der Waals surface area contributed by atoms with Crippen LogP contribution in [0.5, 0.6) is 0 Å². The Morgan fingerprint density at radius 1 is 1.38 bits per heavy atom. The number of nitrogen functional groups attached to an aromatic ring is 1. The van der Waals surface area contributed by atoms with Gasteiger partial charge < -0.3 is 20.7 Å². The predicted molar refractivity (Wildman–Crippen MR) is 96.5 cm³/mol. The van der Waals surface area contributed by atoms with Crippen LogP contribution in [0.2, 0.25) is 0 Å². The van der Waals surface area contributed by atoms with Crippen LogP contribution < -0.4 is 11.5 Å². The van der Waals surface area contributed by atoms with E-state index in [1.54, 1.807) is 23.7 Å². The molecule has 0 aliphatic rings. The number of carbonyl (C=O) groups is 1. The average molecular weight is 391 g/mol. The zero-order chi connectivity index (χ0) is 18.4. The summed E-state index contributed by atoms with van der Waals surface area (Å²) in [5.74, 6) is 0.0579. The van der Waals surface area contributed by atoms with Crippen LogP contribution in [0.3, 0.4) is 0 Å². The van der Waals surface area contributed by atoms with Gasteiger partial charge in [-0.1, -0.05) is 23.0 Å². The van der Waals surface area contributed by atoms with Crippen LogP contribution in [0.15, 0.2) is 44.6 Å². The monoisotopic (exact) mass is 391 g/mol. The maximum atomic E-state index is 11.4. The van der Waals surface area contributed by atoms with Crippen LogP contribution in [-0.4, -0.2) is 44.1 Å². The van der Waals surface area contributed by atoms with Gasteiger partial charge in [0.15, 0.2) is 10.8 Å². The van der Waals surface area contributed by atoms with Crippen LogP contribution in [0.25, 0.3) is 11.6 Å². The van der Waals surface area contributed by atoms with Gasteiger partial charge in [-0.15, -0.1) is 21.5 Å². The second-order valence-electron chi connectivity index (χ2n) is 4.64. The molecule has 0 atom stereocenters. The number of anilines is 1. The van der Waals surface area contributed by atoms with E-state index < -0.39 is 5.91 Å². The van der Waals surface area contributed by atoms with Crippen LogP contribution in [0.1, 0.15) is 5.69 Å². The molecule has 3 rings (SSSR count). The third-order valence-corrected chi connectivity index (χ3v) is 4.30. The van der Waals surface area contributed by atoms with Gasteiger partial charge in [-0.2, -0.15) is 0 Å². The van der Waals surface area contributed by atoms with E-state index in [2.05, 4.69) is 25.3 Å². The molecule has 1 amide bonds. The summed E-state index contributed by atoms with van der Waals surface area (Å²) in [5, 5.41) is 13.8. The molecule has 12 heteroatoms. The predicted octanol–water partition coefficient (Wildman–Crippen LogP) is 1.17. The summed E-state index contributed by atoms with van der Waals surface area (Å²) in [5.41, 5.74) is 11.6. The molecule has 0 unspecified atom stereocenters. The molecule has 0 bridgehead atoms. The minimum Gasteiger partial charge on any atom is -0.410 e. The second kappa shape index (κ2) is 8.40. The van der Waals surface area contributed by atoms with Crippen LogP contribution >= 0.6 is 23.1 Å². The number of thiazole rings is 1. The normalized spacial score (nSPS) is 11.5. The van der Waals surface area contributed by atoms with Gasteiger partial charge in [0.05, 0.1) is 0 Å². The molecule has 0 saturated heterocycles. The molecule has 4 N–H and O–H groups in total. The first-order valence-corrected chi connectivity index (χ1v) is 9.09. The number of primary amides is 1. The highest BCUT2D eigenvalue weighted by molar-refractivity contribution is 7.99. The van der Waals surface area contributed by atoms with E-state index in [1.807, 2.05) is 6.07 Å². The topological polar surface area (TPSA) is 155 Å². The van der Waals surface area contributed by atoms with Gasteiger partial charge in [-0.05, 0) is 12.1 Å².